The number of rotatable bonds is 10. The molecule has 0 saturated carbocycles. The molecule has 6 nitrogen and oxygen atoms in total. The van der Waals surface area contributed by atoms with Crippen molar-refractivity contribution >= 4 is 189 Å². The second kappa shape index (κ2) is 116. The van der Waals surface area contributed by atoms with Gasteiger partial charge in [-0.1, -0.05) is 0 Å². The molecule has 11 heteroatoms. The Morgan fingerprint density at radius 3 is 0.253 bits per heavy atom. The Hall–Kier alpha value is -0.181. The first-order chi connectivity index (χ1) is 36.1. The molecule has 408 valence electrons. The summed E-state index contributed by atoms with van der Waals surface area (Å²) in [6, 6.07) is 100. The summed E-state index contributed by atoms with van der Waals surface area (Å²) in [6.07, 6.45) is 0. The van der Waals surface area contributed by atoms with E-state index in [2.05, 4.69) is 48.5 Å². The van der Waals surface area contributed by atoms with Crippen LogP contribution in [-0.2, 0) is 29.2 Å². The summed E-state index contributed by atoms with van der Waals surface area (Å²) in [5.41, 5.74) is 0. The minimum atomic E-state index is 0. The van der Waals surface area contributed by atoms with Crippen molar-refractivity contribution < 1.29 is 29.2 Å². The summed E-state index contributed by atoms with van der Waals surface area (Å²) in [5.74, 6) is 0. The van der Waals surface area contributed by atoms with Gasteiger partial charge in [-0.25, -0.2) is 0 Å². The van der Waals surface area contributed by atoms with Crippen LogP contribution in [0.4, 0.5) is 0 Å². The number of ether oxygens (including phenoxy) is 5. The third-order valence-corrected chi connectivity index (χ3v) is 6.90. The first kappa shape index (κ1) is 104. The molecule has 0 unspecified atom stereocenters. The summed E-state index contributed by atoms with van der Waals surface area (Å²) in [7, 11) is 0. The molecule has 0 aliphatic carbocycles. The Kier molecular flexibility index (Phi) is 153. The molecule has 0 spiro atoms. The topological polar surface area (TPSA) is 74.7 Å². The maximum atomic E-state index is 4.83. The molecule has 0 saturated heterocycles. The maximum absolute atomic E-state index is 4.83. The van der Waals surface area contributed by atoms with E-state index in [1.807, 2.05) is 312 Å². The van der Waals surface area contributed by atoms with E-state index >= 15 is 0 Å². The van der Waals surface area contributed by atoms with Crippen molar-refractivity contribution in [3.8, 4) is 0 Å². The third-order valence-electron chi connectivity index (χ3n) is 6.90. The summed E-state index contributed by atoms with van der Waals surface area (Å²) in [4.78, 5) is 0. The van der Waals surface area contributed by atoms with Crippen molar-refractivity contribution in [3.63, 3.8) is 0 Å². The number of benzene rings is 8. The van der Waals surface area contributed by atoms with Crippen LogP contribution in [0.15, 0.2) is 243 Å². The molecule has 8 rings (SSSR count). The normalized spacial score (nSPS) is 7.52. The van der Waals surface area contributed by atoms with Gasteiger partial charge in [-0.3, -0.25) is 0 Å². The quantitative estimate of drug-likeness (QED) is 0.101. The van der Waals surface area contributed by atoms with Crippen LogP contribution in [0.25, 0.3) is 0 Å². The van der Waals surface area contributed by atoms with Gasteiger partial charge < -0.3 is 29.2 Å². The summed E-state index contributed by atoms with van der Waals surface area (Å²) in [5, 5.41) is 0. The summed E-state index contributed by atoms with van der Waals surface area (Å²) >= 11 is 0. The van der Waals surface area contributed by atoms with E-state index in [1.165, 1.54) is 0 Å². The molecule has 0 fully saturated rings. The van der Waals surface area contributed by atoms with E-state index in [-0.39, 0.29) is 194 Å². The van der Waals surface area contributed by atoms with Gasteiger partial charge >= 0.3 is 189 Å². The first-order valence-electron chi connectivity index (χ1n) is 25.2. The minimum Gasteiger partial charge on any atom is -2.00 e. The van der Waals surface area contributed by atoms with Crippen LogP contribution in [-0.4, -0.2) is 255 Å². The molecule has 8 aromatic rings. The van der Waals surface area contributed by atoms with Gasteiger partial charge in [0.2, 0.25) is 0 Å². The standard InChI is InChI=1S/8C6H5.5C4H10O.5Ca.O/c8*1-2-4-6-5-3-1;5*1-3-5-4-2;;;;;;/h8*1-5H;5*3-4H2,1-2H3;;;;;;/q8*-1;;;;;;5*+2;-2. The van der Waals surface area contributed by atoms with Crippen LogP contribution < -0.4 is 0 Å². The van der Waals surface area contributed by atoms with Crippen molar-refractivity contribution in [1.29, 1.82) is 0 Å². The molecule has 0 aliphatic heterocycles. The van der Waals surface area contributed by atoms with Crippen molar-refractivity contribution in [3.05, 3.63) is 291 Å². The van der Waals surface area contributed by atoms with Gasteiger partial charge in [0, 0.05) is 66.1 Å². The molecule has 0 radical (unpaired) electrons. The van der Waals surface area contributed by atoms with Gasteiger partial charge in [0.1, 0.15) is 0 Å². The fourth-order valence-corrected chi connectivity index (χ4v) is 3.76. The van der Waals surface area contributed by atoms with Crippen LogP contribution in [0.5, 0.6) is 0 Å². The van der Waals surface area contributed by atoms with Gasteiger partial charge in [-0.2, -0.15) is 291 Å². The van der Waals surface area contributed by atoms with E-state index in [0.717, 1.165) is 66.1 Å². The maximum Gasteiger partial charge on any atom is 2.00 e. The van der Waals surface area contributed by atoms with Crippen LogP contribution >= 0.6 is 0 Å². The van der Waals surface area contributed by atoms with Crippen molar-refractivity contribution in [2.75, 3.05) is 66.1 Å². The van der Waals surface area contributed by atoms with Crippen LogP contribution in [0.3, 0.4) is 0 Å². The average molecular weight is 1200 g/mol. The molecule has 8 aromatic carbocycles. The van der Waals surface area contributed by atoms with Crippen molar-refractivity contribution in [2.24, 2.45) is 0 Å². The van der Waals surface area contributed by atoms with Crippen LogP contribution in [0.1, 0.15) is 69.2 Å². The molecule has 0 aromatic heterocycles. The van der Waals surface area contributed by atoms with Crippen molar-refractivity contribution in [1.82, 2.24) is 0 Å². The van der Waals surface area contributed by atoms with Gasteiger partial charge in [0.15, 0.2) is 0 Å². The molecule has 0 heterocycles. The zero-order valence-electron chi connectivity index (χ0n) is 50.2. The van der Waals surface area contributed by atoms with E-state index in [9.17, 15) is 0 Å². The summed E-state index contributed by atoms with van der Waals surface area (Å²) in [6.45, 7) is 28.3. The van der Waals surface area contributed by atoms with Crippen molar-refractivity contribution in [2.45, 2.75) is 69.2 Å². The van der Waals surface area contributed by atoms with Gasteiger partial charge in [-0.15, -0.1) is 0 Å². The predicted octanol–water partition coefficient (Wildman–Crippen LogP) is 15.1. The molecule has 0 atom stereocenters. The van der Waals surface area contributed by atoms with E-state index in [0.29, 0.717) is 0 Å². The van der Waals surface area contributed by atoms with E-state index < -0.39 is 0 Å². The largest absolute Gasteiger partial charge is 2.00 e. The molecule has 0 N–H and O–H groups in total. The fraction of sp³-hybridized carbons (Fsp3) is 0.294. The zero-order chi connectivity index (χ0) is 54.5. The van der Waals surface area contributed by atoms with Gasteiger partial charge in [0.05, 0.1) is 0 Å². The molecule has 0 amide bonds. The van der Waals surface area contributed by atoms with E-state index in [4.69, 9.17) is 23.7 Å². The SMILES string of the molecule is CCOCC.CCOCC.CCOCC.CCOCC.CCOCC.[Ca+2].[Ca+2].[Ca+2].[Ca+2].[Ca+2].[O-2].[c-]1ccccc1.[c-]1ccccc1.[c-]1ccccc1.[c-]1ccccc1.[c-]1ccccc1.[c-]1ccccc1.[c-]1ccccc1.[c-]1ccccc1. The fourth-order valence-electron chi connectivity index (χ4n) is 3.76. The van der Waals surface area contributed by atoms with Gasteiger partial charge in [0.25, 0.3) is 0 Å². The zero-order valence-corrected chi connectivity index (χ0v) is 61.2. The second-order valence-electron chi connectivity index (χ2n) is 12.5. The Bertz CT molecular complexity index is 1220. The molecule has 0 aliphatic rings. The third kappa shape index (κ3) is 134. The number of hydrogen-bond donors (Lipinski definition) is 0. The van der Waals surface area contributed by atoms with Crippen LogP contribution in [0.2, 0.25) is 0 Å². The Balaban J connectivity index is -0.0000000701. The molecule has 0 bridgehead atoms. The minimum absolute atomic E-state index is 0. The Morgan fingerprint density at radius 1 is 0.165 bits per heavy atom. The molecule has 79 heavy (non-hydrogen) atoms. The summed E-state index contributed by atoms with van der Waals surface area (Å²) < 4.78 is 24.2. The second-order valence-corrected chi connectivity index (χ2v) is 12.5. The monoisotopic (exact) mass is 1200 g/mol. The predicted molar refractivity (Wildman–Crippen MR) is 343 cm³/mol. The number of hydrogen-bond acceptors (Lipinski definition) is 5. The van der Waals surface area contributed by atoms with Gasteiger partial charge in [-0.05, 0) is 69.2 Å². The molecular formula is C68H90Ca5O6. The first-order valence-corrected chi connectivity index (χ1v) is 25.2. The Labute approximate surface area is 634 Å². The molecular weight excluding hydrogens is 1110 g/mol. The van der Waals surface area contributed by atoms with Crippen LogP contribution in [0, 0.1) is 48.5 Å². The average Bonchev–Trinajstić information content (AvgIpc) is 3.50. The Morgan fingerprint density at radius 2 is 0.241 bits per heavy atom. The smallest absolute Gasteiger partial charge is 2.00 e. The van der Waals surface area contributed by atoms with E-state index in [1.54, 1.807) is 0 Å².